The molecule has 0 radical (unpaired) electrons. The SMILES string of the molecule is C.COC(=O)/C=c1\sc2n(c1=O)C(N)=C(C#N)C(c1cccs1)C=2C(=O)Nc1ccc(C)c(C)c1. The number of carbonyl (C=O) groups excluding carboxylic acids is 2. The van der Waals surface area contributed by atoms with E-state index in [4.69, 9.17) is 5.73 Å². The van der Waals surface area contributed by atoms with Crippen LogP contribution in [0.2, 0.25) is 0 Å². The average molecular weight is 509 g/mol. The molecule has 1 aliphatic heterocycles. The molecular weight excluding hydrogens is 484 g/mol. The number of amides is 1. The van der Waals surface area contributed by atoms with Gasteiger partial charge in [-0.15, -0.1) is 22.7 Å². The van der Waals surface area contributed by atoms with Crippen LogP contribution in [0, 0.1) is 25.2 Å². The second-order valence-corrected chi connectivity index (χ2v) is 9.62. The number of nitrogens with one attached hydrogen (secondary N) is 1. The lowest BCUT2D eigenvalue weighted by Gasteiger charge is -2.24. The van der Waals surface area contributed by atoms with E-state index in [1.807, 2.05) is 43.5 Å². The van der Waals surface area contributed by atoms with Crippen molar-refractivity contribution < 1.29 is 14.3 Å². The number of thiazole rings is 1. The molecule has 10 heteroatoms. The van der Waals surface area contributed by atoms with Gasteiger partial charge in [-0.25, -0.2) is 4.79 Å². The van der Waals surface area contributed by atoms with Gasteiger partial charge in [-0.05, 0) is 48.6 Å². The second kappa shape index (κ2) is 10.1. The van der Waals surface area contributed by atoms with Crippen LogP contribution >= 0.6 is 22.7 Å². The smallest absolute Gasteiger partial charge is 0.332 e. The molecule has 1 amide bonds. The lowest BCUT2D eigenvalue weighted by Crippen LogP contribution is -2.40. The fraction of sp³-hybridized carbons (Fsp3) is 0.200. The van der Waals surface area contributed by atoms with Gasteiger partial charge in [0.25, 0.3) is 11.5 Å². The van der Waals surface area contributed by atoms with Crippen LogP contribution in [0.4, 0.5) is 5.69 Å². The molecule has 1 aromatic carbocycles. The maximum atomic E-state index is 13.7. The van der Waals surface area contributed by atoms with Gasteiger partial charge >= 0.3 is 5.97 Å². The number of thiophene rings is 1. The summed E-state index contributed by atoms with van der Waals surface area (Å²) in [5.74, 6) is -2.01. The first kappa shape index (κ1) is 25.7. The summed E-state index contributed by atoms with van der Waals surface area (Å²) in [5.41, 5.74) is 8.65. The molecule has 3 aromatic rings. The molecule has 1 unspecified atom stereocenters. The van der Waals surface area contributed by atoms with Crippen LogP contribution in [0.15, 0.2) is 46.1 Å². The predicted octanol–water partition coefficient (Wildman–Crippen LogP) is 2.42. The minimum Gasteiger partial charge on any atom is -0.466 e. The van der Waals surface area contributed by atoms with Gasteiger partial charge in [0.15, 0.2) is 0 Å². The van der Waals surface area contributed by atoms with Crippen LogP contribution in [0.5, 0.6) is 0 Å². The van der Waals surface area contributed by atoms with E-state index >= 15 is 0 Å². The maximum Gasteiger partial charge on any atom is 0.332 e. The number of nitriles is 1. The molecule has 0 bridgehead atoms. The third-order valence-electron chi connectivity index (χ3n) is 5.56. The number of allylic oxidation sites excluding steroid dienone is 1. The Balaban J connectivity index is 0.00000342. The summed E-state index contributed by atoms with van der Waals surface area (Å²) in [7, 11) is 1.20. The van der Waals surface area contributed by atoms with Crippen LogP contribution in [-0.4, -0.2) is 23.6 Å². The van der Waals surface area contributed by atoms with Crippen molar-refractivity contribution in [2.75, 3.05) is 12.4 Å². The number of ether oxygens (including phenoxy) is 1. The molecule has 0 spiro atoms. The van der Waals surface area contributed by atoms with E-state index in [1.165, 1.54) is 18.4 Å². The van der Waals surface area contributed by atoms with E-state index in [0.29, 0.717) is 5.69 Å². The Kier molecular flexibility index (Phi) is 7.43. The highest BCUT2D eigenvalue weighted by atomic mass is 32.1. The molecular formula is C25H24N4O4S2. The van der Waals surface area contributed by atoms with Gasteiger partial charge in [-0.3, -0.25) is 14.2 Å². The highest BCUT2D eigenvalue weighted by molar-refractivity contribution is 7.10. The zero-order valence-electron chi connectivity index (χ0n) is 18.5. The molecule has 0 aliphatic carbocycles. The standard InChI is InChI=1S/C24H20N4O4S2.CH4/c1-12-6-7-14(9-13(12)2)27-22(30)20-19(16-5-4-8-33-16)15(11-25)21(26)28-23(31)17(34-24(20)28)10-18(29)32-3;/h4-10,19H,26H2,1-3H3,(H,27,30);1H4/b17-10-;. The molecule has 1 atom stereocenters. The molecule has 4 rings (SSSR count). The Labute approximate surface area is 209 Å². The maximum absolute atomic E-state index is 13.7. The summed E-state index contributed by atoms with van der Waals surface area (Å²) < 4.78 is 6.08. The largest absolute Gasteiger partial charge is 0.466 e. The molecule has 2 aromatic heterocycles. The van der Waals surface area contributed by atoms with E-state index in [-0.39, 0.29) is 33.6 Å². The second-order valence-electron chi connectivity index (χ2n) is 7.61. The number of hydrogen-bond acceptors (Lipinski definition) is 8. The van der Waals surface area contributed by atoms with Crippen molar-refractivity contribution in [2.45, 2.75) is 27.2 Å². The van der Waals surface area contributed by atoms with Gasteiger partial charge in [0.05, 0.1) is 30.2 Å². The summed E-state index contributed by atoms with van der Waals surface area (Å²) in [6, 6.07) is 11.3. The van der Waals surface area contributed by atoms with Gasteiger partial charge in [0, 0.05) is 16.6 Å². The normalized spacial score (nSPS) is 15.2. The van der Waals surface area contributed by atoms with Crippen LogP contribution in [-0.2, 0) is 14.3 Å². The Morgan fingerprint density at radius 1 is 1.26 bits per heavy atom. The third-order valence-corrected chi connectivity index (χ3v) is 7.60. The first-order valence-electron chi connectivity index (χ1n) is 10.1. The molecule has 0 saturated heterocycles. The van der Waals surface area contributed by atoms with E-state index in [2.05, 4.69) is 16.1 Å². The summed E-state index contributed by atoms with van der Waals surface area (Å²) >= 11 is 2.33. The van der Waals surface area contributed by atoms with E-state index in [9.17, 15) is 19.6 Å². The molecule has 1 aliphatic rings. The van der Waals surface area contributed by atoms with E-state index in [1.54, 1.807) is 6.07 Å². The number of esters is 1. The van der Waals surface area contributed by atoms with Crippen LogP contribution in [0.1, 0.15) is 29.3 Å². The lowest BCUT2D eigenvalue weighted by atomic mass is 9.88. The number of rotatable bonds is 4. The monoisotopic (exact) mass is 508 g/mol. The van der Waals surface area contributed by atoms with Gasteiger partial charge < -0.3 is 15.8 Å². The Hall–Kier alpha value is -3.94. The lowest BCUT2D eigenvalue weighted by molar-refractivity contribution is -0.133. The van der Waals surface area contributed by atoms with Crippen molar-refractivity contribution >= 4 is 57.7 Å². The minimum atomic E-state index is -0.763. The van der Waals surface area contributed by atoms with E-state index in [0.717, 1.165) is 38.0 Å². The van der Waals surface area contributed by atoms with Crippen molar-refractivity contribution in [3.05, 3.63) is 76.8 Å². The molecule has 0 saturated carbocycles. The average Bonchev–Trinajstić information content (AvgIpc) is 3.44. The number of benzene rings is 1. The first-order valence-corrected chi connectivity index (χ1v) is 11.8. The van der Waals surface area contributed by atoms with Crippen molar-refractivity contribution in [1.29, 1.82) is 5.26 Å². The molecule has 8 nitrogen and oxygen atoms in total. The van der Waals surface area contributed by atoms with Gasteiger partial charge in [-0.1, -0.05) is 19.6 Å². The number of aryl methyl sites for hydroxylation is 2. The van der Waals surface area contributed by atoms with Crippen molar-refractivity contribution in [1.82, 2.24) is 4.57 Å². The number of aromatic nitrogens is 1. The highest BCUT2D eigenvalue weighted by Crippen LogP contribution is 2.38. The van der Waals surface area contributed by atoms with E-state index < -0.39 is 23.4 Å². The summed E-state index contributed by atoms with van der Waals surface area (Å²) in [6.45, 7) is 3.91. The third kappa shape index (κ3) is 4.56. The number of methoxy groups -OCH3 is 1. The molecule has 0 fully saturated rings. The Bertz CT molecular complexity index is 1570. The predicted molar refractivity (Wildman–Crippen MR) is 139 cm³/mol. The van der Waals surface area contributed by atoms with Crippen molar-refractivity contribution in [2.24, 2.45) is 5.73 Å². The summed E-state index contributed by atoms with van der Waals surface area (Å²) in [5, 5.41) is 14.7. The highest BCUT2D eigenvalue weighted by Gasteiger charge is 2.36. The van der Waals surface area contributed by atoms with Crippen molar-refractivity contribution in [3.8, 4) is 6.07 Å². The summed E-state index contributed by atoms with van der Waals surface area (Å²) in [6.07, 6.45) is 1.05. The molecule has 3 N–H and O–H groups in total. The van der Waals surface area contributed by atoms with Crippen LogP contribution in [0.25, 0.3) is 17.5 Å². The van der Waals surface area contributed by atoms with Gasteiger partial charge in [0.1, 0.15) is 15.0 Å². The number of fused-ring (bicyclic) bond motifs is 1. The number of hydrogen-bond donors (Lipinski definition) is 2. The first-order chi connectivity index (χ1) is 16.3. The Morgan fingerprint density at radius 2 is 2.00 bits per heavy atom. The Morgan fingerprint density at radius 3 is 2.60 bits per heavy atom. The molecule has 3 heterocycles. The van der Waals surface area contributed by atoms with Gasteiger partial charge in [-0.2, -0.15) is 5.26 Å². The number of nitrogens with two attached hydrogens (primary N) is 1. The number of carbonyl (C=O) groups is 2. The van der Waals surface area contributed by atoms with Gasteiger partial charge in [0.2, 0.25) is 0 Å². The minimum absolute atomic E-state index is 0. The zero-order chi connectivity index (χ0) is 24.6. The quantitative estimate of drug-likeness (QED) is 0.521. The summed E-state index contributed by atoms with van der Waals surface area (Å²) in [4.78, 5) is 39.3. The number of anilines is 1. The molecule has 35 heavy (non-hydrogen) atoms. The fourth-order valence-electron chi connectivity index (χ4n) is 3.69. The van der Waals surface area contributed by atoms with Crippen molar-refractivity contribution in [3.63, 3.8) is 0 Å². The fourth-order valence-corrected chi connectivity index (χ4v) is 5.67. The number of nitrogens with zero attached hydrogens (tertiary/aromatic N) is 2. The molecule has 180 valence electrons. The zero-order valence-corrected chi connectivity index (χ0v) is 20.2. The topological polar surface area (TPSA) is 127 Å². The van der Waals surface area contributed by atoms with Crippen LogP contribution in [0.3, 0.4) is 0 Å². The van der Waals surface area contributed by atoms with Crippen LogP contribution < -0.4 is 25.8 Å².